The van der Waals surface area contributed by atoms with Crippen LogP contribution in [0.25, 0.3) is 10.7 Å². The Morgan fingerprint density at radius 3 is 2.78 bits per heavy atom. The van der Waals surface area contributed by atoms with E-state index in [1.54, 1.807) is 25.6 Å². The summed E-state index contributed by atoms with van der Waals surface area (Å²) < 4.78 is 15.9. The van der Waals surface area contributed by atoms with Crippen molar-refractivity contribution in [2.45, 2.75) is 13.0 Å². The molecule has 23 heavy (non-hydrogen) atoms. The van der Waals surface area contributed by atoms with Gasteiger partial charge in [-0.25, -0.2) is 0 Å². The summed E-state index contributed by atoms with van der Waals surface area (Å²) in [7, 11) is 3.24. The summed E-state index contributed by atoms with van der Waals surface area (Å²) >= 11 is 1.58. The van der Waals surface area contributed by atoms with E-state index in [4.69, 9.17) is 14.0 Å². The fourth-order valence-electron chi connectivity index (χ4n) is 2.13. The third-order valence-electron chi connectivity index (χ3n) is 3.33. The number of hydrogen-bond acceptors (Lipinski definition) is 7. The minimum absolute atomic E-state index is 0.154. The topological polar surface area (TPSA) is 69.4 Å². The standard InChI is InChI=1S/C16H17N3O3S/c1-10(16-18-15(19-22-16)14-5-4-8-23-14)17-12-7-6-11(20-2)9-13(12)21-3/h4-10,17H,1-3H3/t10-/m1/s1. The van der Waals surface area contributed by atoms with Gasteiger partial charge in [0.15, 0.2) is 0 Å². The summed E-state index contributed by atoms with van der Waals surface area (Å²) in [5.41, 5.74) is 0.830. The van der Waals surface area contributed by atoms with Crippen molar-refractivity contribution >= 4 is 17.0 Å². The van der Waals surface area contributed by atoms with Crippen LogP contribution in [-0.4, -0.2) is 24.4 Å². The van der Waals surface area contributed by atoms with Crippen LogP contribution in [0.4, 0.5) is 5.69 Å². The van der Waals surface area contributed by atoms with Crippen molar-refractivity contribution in [1.29, 1.82) is 0 Å². The predicted octanol–water partition coefficient (Wildman–Crippen LogP) is 3.99. The fourth-order valence-corrected chi connectivity index (χ4v) is 2.78. The van der Waals surface area contributed by atoms with Crippen LogP contribution in [0, 0.1) is 0 Å². The monoisotopic (exact) mass is 331 g/mol. The van der Waals surface area contributed by atoms with Gasteiger partial charge in [-0.05, 0) is 30.5 Å². The second-order valence-electron chi connectivity index (χ2n) is 4.87. The number of benzene rings is 1. The molecule has 0 bridgehead atoms. The fraction of sp³-hybridized carbons (Fsp3) is 0.250. The number of nitrogens with zero attached hydrogens (tertiary/aromatic N) is 2. The molecule has 3 aromatic rings. The third kappa shape index (κ3) is 3.29. The Bertz CT molecular complexity index is 771. The van der Waals surface area contributed by atoms with Gasteiger partial charge in [0, 0.05) is 6.07 Å². The molecule has 0 aliphatic carbocycles. The van der Waals surface area contributed by atoms with Crippen molar-refractivity contribution in [3.8, 4) is 22.2 Å². The highest BCUT2D eigenvalue weighted by atomic mass is 32.1. The first-order valence-electron chi connectivity index (χ1n) is 7.07. The van der Waals surface area contributed by atoms with Crippen molar-refractivity contribution in [2.24, 2.45) is 0 Å². The highest BCUT2D eigenvalue weighted by Gasteiger charge is 2.17. The van der Waals surface area contributed by atoms with E-state index in [1.165, 1.54) is 0 Å². The lowest BCUT2D eigenvalue weighted by Crippen LogP contribution is -2.08. The van der Waals surface area contributed by atoms with E-state index in [-0.39, 0.29) is 6.04 Å². The Kier molecular flexibility index (Phi) is 4.47. The largest absolute Gasteiger partial charge is 0.497 e. The molecule has 1 aromatic carbocycles. The van der Waals surface area contributed by atoms with E-state index >= 15 is 0 Å². The maximum absolute atomic E-state index is 5.38. The molecule has 0 saturated carbocycles. The maximum Gasteiger partial charge on any atom is 0.249 e. The molecule has 0 radical (unpaired) electrons. The molecule has 0 amide bonds. The van der Waals surface area contributed by atoms with E-state index < -0.39 is 0 Å². The molecule has 0 saturated heterocycles. The van der Waals surface area contributed by atoms with Crippen molar-refractivity contribution in [3.05, 3.63) is 41.6 Å². The molecule has 0 spiro atoms. The third-order valence-corrected chi connectivity index (χ3v) is 4.20. The van der Waals surface area contributed by atoms with Gasteiger partial charge in [0.2, 0.25) is 11.7 Å². The Labute approximate surface area is 138 Å². The van der Waals surface area contributed by atoms with Crippen molar-refractivity contribution < 1.29 is 14.0 Å². The number of aromatic nitrogens is 2. The van der Waals surface area contributed by atoms with Gasteiger partial charge in [0.1, 0.15) is 17.5 Å². The van der Waals surface area contributed by atoms with Gasteiger partial charge >= 0.3 is 0 Å². The Balaban J connectivity index is 1.78. The number of nitrogens with one attached hydrogen (secondary N) is 1. The van der Waals surface area contributed by atoms with Crippen LogP contribution in [0.5, 0.6) is 11.5 Å². The van der Waals surface area contributed by atoms with E-state index in [2.05, 4.69) is 15.5 Å². The minimum atomic E-state index is -0.154. The summed E-state index contributed by atoms with van der Waals surface area (Å²) in [4.78, 5) is 5.42. The van der Waals surface area contributed by atoms with E-state index in [0.717, 1.165) is 16.3 Å². The van der Waals surface area contributed by atoms with E-state index in [9.17, 15) is 0 Å². The lowest BCUT2D eigenvalue weighted by Gasteiger charge is -2.15. The van der Waals surface area contributed by atoms with Gasteiger partial charge < -0.3 is 19.3 Å². The average Bonchev–Trinajstić information content (AvgIpc) is 3.26. The summed E-state index contributed by atoms with van der Waals surface area (Å²) in [6, 6.07) is 9.34. The van der Waals surface area contributed by atoms with Gasteiger partial charge in [-0.15, -0.1) is 11.3 Å². The number of ether oxygens (including phenoxy) is 2. The van der Waals surface area contributed by atoms with Gasteiger partial charge in [0.05, 0.1) is 24.8 Å². The molecule has 1 N–H and O–H groups in total. The maximum atomic E-state index is 5.38. The number of anilines is 1. The molecule has 2 heterocycles. The van der Waals surface area contributed by atoms with Crippen LogP contribution in [0.1, 0.15) is 18.9 Å². The molecule has 1 atom stereocenters. The molecule has 0 aliphatic rings. The molecule has 0 fully saturated rings. The second-order valence-corrected chi connectivity index (χ2v) is 5.81. The van der Waals surface area contributed by atoms with E-state index in [1.807, 2.05) is 42.6 Å². The second kappa shape index (κ2) is 6.70. The summed E-state index contributed by atoms with van der Waals surface area (Å²) in [6.07, 6.45) is 0. The van der Waals surface area contributed by atoms with E-state index in [0.29, 0.717) is 17.5 Å². The average molecular weight is 331 g/mol. The molecule has 0 unspecified atom stereocenters. The quantitative estimate of drug-likeness (QED) is 0.736. The van der Waals surface area contributed by atoms with Crippen LogP contribution in [0.2, 0.25) is 0 Å². The van der Waals surface area contributed by atoms with Crippen LogP contribution < -0.4 is 14.8 Å². The number of thiophene rings is 1. The first-order valence-corrected chi connectivity index (χ1v) is 7.95. The lowest BCUT2D eigenvalue weighted by atomic mass is 10.2. The molecule has 3 rings (SSSR count). The zero-order valence-electron chi connectivity index (χ0n) is 13.1. The predicted molar refractivity (Wildman–Crippen MR) is 89.2 cm³/mol. The highest BCUT2D eigenvalue weighted by Crippen LogP contribution is 2.32. The SMILES string of the molecule is COc1ccc(N[C@H](C)c2nc(-c3cccs3)no2)c(OC)c1. The van der Waals surface area contributed by atoms with Crippen molar-refractivity contribution in [3.63, 3.8) is 0 Å². The highest BCUT2D eigenvalue weighted by molar-refractivity contribution is 7.13. The van der Waals surface area contributed by atoms with Crippen LogP contribution in [0.3, 0.4) is 0 Å². The van der Waals surface area contributed by atoms with Crippen LogP contribution >= 0.6 is 11.3 Å². The Morgan fingerprint density at radius 2 is 2.09 bits per heavy atom. The molecule has 2 aromatic heterocycles. The van der Waals surface area contributed by atoms with Gasteiger partial charge in [0.25, 0.3) is 0 Å². The summed E-state index contributed by atoms with van der Waals surface area (Å²) in [6.45, 7) is 1.95. The van der Waals surface area contributed by atoms with Gasteiger partial charge in [-0.1, -0.05) is 11.2 Å². The smallest absolute Gasteiger partial charge is 0.249 e. The minimum Gasteiger partial charge on any atom is -0.497 e. The Hall–Kier alpha value is -2.54. The number of rotatable bonds is 6. The summed E-state index contributed by atoms with van der Waals surface area (Å²) in [5.74, 6) is 2.55. The molecule has 0 aliphatic heterocycles. The molecular formula is C16H17N3O3S. The first kappa shape index (κ1) is 15.4. The molecule has 6 nitrogen and oxygen atoms in total. The van der Waals surface area contributed by atoms with Crippen LogP contribution in [-0.2, 0) is 0 Å². The van der Waals surface area contributed by atoms with Crippen LogP contribution in [0.15, 0.2) is 40.2 Å². The zero-order chi connectivity index (χ0) is 16.2. The molecule has 120 valence electrons. The van der Waals surface area contributed by atoms with Gasteiger partial charge in [-0.3, -0.25) is 0 Å². The Morgan fingerprint density at radius 1 is 1.22 bits per heavy atom. The zero-order valence-corrected chi connectivity index (χ0v) is 13.9. The lowest BCUT2D eigenvalue weighted by molar-refractivity contribution is 0.367. The molecular weight excluding hydrogens is 314 g/mol. The molecule has 7 heteroatoms. The van der Waals surface area contributed by atoms with Gasteiger partial charge in [-0.2, -0.15) is 4.98 Å². The number of hydrogen-bond donors (Lipinski definition) is 1. The van der Waals surface area contributed by atoms with Crippen molar-refractivity contribution in [1.82, 2.24) is 10.1 Å². The first-order chi connectivity index (χ1) is 11.2. The normalized spacial score (nSPS) is 12.0. The summed E-state index contributed by atoms with van der Waals surface area (Å²) in [5, 5.41) is 9.32. The van der Waals surface area contributed by atoms with Crippen molar-refractivity contribution in [2.75, 3.05) is 19.5 Å². The number of methoxy groups -OCH3 is 2.